The molecule has 2 atom stereocenters. The molecule has 5 nitrogen and oxygen atoms in total. The monoisotopic (exact) mass is 515 g/mol. The summed E-state index contributed by atoms with van der Waals surface area (Å²) < 4.78 is 29.7. The van der Waals surface area contributed by atoms with Gasteiger partial charge in [-0.25, -0.2) is 8.42 Å². The molecular weight excluding hydrogens is 482 g/mol. The van der Waals surface area contributed by atoms with Gasteiger partial charge in [-0.3, -0.25) is 4.79 Å². The minimum atomic E-state index is -3.92. The molecule has 37 heavy (non-hydrogen) atoms. The molecule has 0 aromatic heterocycles. The zero-order valence-corrected chi connectivity index (χ0v) is 22.5. The lowest BCUT2D eigenvalue weighted by Crippen LogP contribution is -2.51. The first-order chi connectivity index (χ1) is 17.6. The van der Waals surface area contributed by atoms with Gasteiger partial charge in [0.05, 0.1) is 10.9 Å². The van der Waals surface area contributed by atoms with Crippen LogP contribution < -0.4 is 0 Å². The van der Waals surface area contributed by atoms with Crippen molar-refractivity contribution in [2.45, 2.75) is 45.1 Å². The first-order valence-corrected chi connectivity index (χ1v) is 14.0. The molecule has 0 saturated carbocycles. The number of Topliss-reactive ketones (excluding diaryl/α,β-unsaturated/α-hetero) is 2. The van der Waals surface area contributed by atoms with Gasteiger partial charge in [0.2, 0.25) is 10.0 Å². The lowest BCUT2D eigenvalue weighted by atomic mass is 9.75. The molecule has 0 radical (unpaired) electrons. The van der Waals surface area contributed by atoms with E-state index in [-0.39, 0.29) is 35.3 Å². The number of aryl methyl sites for hydroxylation is 1. The van der Waals surface area contributed by atoms with Crippen molar-refractivity contribution in [1.29, 1.82) is 0 Å². The molecule has 0 aliphatic carbocycles. The van der Waals surface area contributed by atoms with Crippen LogP contribution in [0.2, 0.25) is 0 Å². The number of benzene rings is 3. The molecule has 3 aromatic carbocycles. The molecule has 0 bridgehead atoms. The van der Waals surface area contributed by atoms with E-state index in [2.05, 4.69) is 0 Å². The Balaban J connectivity index is 2.01. The van der Waals surface area contributed by atoms with Gasteiger partial charge in [0.1, 0.15) is 5.78 Å². The molecule has 0 saturated heterocycles. The Morgan fingerprint density at radius 3 is 2.00 bits per heavy atom. The molecule has 0 N–H and O–H groups in total. The Bertz CT molecular complexity index is 1410. The van der Waals surface area contributed by atoms with Crippen LogP contribution in [0.15, 0.2) is 95.4 Å². The number of carbonyl (C=O) groups excluding carboxylic acids is 2. The third-order valence-electron chi connectivity index (χ3n) is 6.86. The first kappa shape index (κ1) is 26.7. The summed E-state index contributed by atoms with van der Waals surface area (Å²) in [5, 5.41) is 0. The fourth-order valence-electron chi connectivity index (χ4n) is 5.21. The molecule has 3 aromatic rings. The van der Waals surface area contributed by atoms with E-state index in [9.17, 15) is 18.0 Å². The van der Waals surface area contributed by atoms with Gasteiger partial charge in [-0.2, -0.15) is 4.31 Å². The van der Waals surface area contributed by atoms with Crippen molar-refractivity contribution >= 4 is 27.2 Å². The van der Waals surface area contributed by atoms with Gasteiger partial charge >= 0.3 is 0 Å². The average molecular weight is 516 g/mol. The highest BCUT2D eigenvalue weighted by Crippen LogP contribution is 2.43. The summed E-state index contributed by atoms with van der Waals surface area (Å²) in [7, 11) is -3.92. The molecule has 6 heteroatoms. The van der Waals surface area contributed by atoms with Gasteiger partial charge in [-0.15, -0.1) is 0 Å². The van der Waals surface area contributed by atoms with Crippen LogP contribution in [0, 0.1) is 18.8 Å². The van der Waals surface area contributed by atoms with Gasteiger partial charge in [0, 0.05) is 30.0 Å². The van der Waals surface area contributed by atoms with Crippen LogP contribution >= 0.6 is 0 Å². The Labute approximate surface area is 219 Å². The highest BCUT2D eigenvalue weighted by atomic mass is 32.2. The molecule has 0 fully saturated rings. The molecular formula is C31H33NO4S. The molecule has 1 heterocycles. The number of carbonyl (C=O) groups is 2. The Morgan fingerprint density at radius 1 is 0.892 bits per heavy atom. The second-order valence-electron chi connectivity index (χ2n) is 10.1. The molecule has 1 aliphatic heterocycles. The third-order valence-corrected chi connectivity index (χ3v) is 8.72. The average Bonchev–Trinajstić information content (AvgIpc) is 2.88. The topological polar surface area (TPSA) is 71.5 Å². The number of hydrogen-bond donors (Lipinski definition) is 0. The van der Waals surface area contributed by atoms with Crippen LogP contribution in [0.25, 0.3) is 5.57 Å². The zero-order chi connectivity index (χ0) is 26.7. The minimum absolute atomic E-state index is 0.0584. The van der Waals surface area contributed by atoms with Gasteiger partial charge in [-0.1, -0.05) is 92.2 Å². The van der Waals surface area contributed by atoms with E-state index in [1.54, 1.807) is 36.4 Å². The number of sulfonamides is 1. The number of hydrogen-bond acceptors (Lipinski definition) is 4. The maximum Gasteiger partial charge on any atom is 0.243 e. The first-order valence-electron chi connectivity index (χ1n) is 12.6. The lowest BCUT2D eigenvalue weighted by molar-refractivity contribution is -0.117. The van der Waals surface area contributed by atoms with Crippen LogP contribution in [-0.4, -0.2) is 36.9 Å². The molecule has 1 aliphatic rings. The van der Waals surface area contributed by atoms with Crippen LogP contribution in [0.5, 0.6) is 0 Å². The van der Waals surface area contributed by atoms with Crippen molar-refractivity contribution in [3.8, 4) is 0 Å². The SMILES string of the molecule is CC(=O)C[C@H]1CN(S(=O)(=O)c2ccc(C)cc2)[C@@H](C(C)C)C(c2ccccc2)=C1C(=O)c1ccccc1. The van der Waals surface area contributed by atoms with Gasteiger partial charge in [0.15, 0.2) is 5.78 Å². The number of nitrogens with zero attached hydrogens (tertiary/aromatic N) is 1. The van der Waals surface area contributed by atoms with Crippen LogP contribution in [0.4, 0.5) is 0 Å². The summed E-state index contributed by atoms with van der Waals surface area (Å²) in [5.41, 5.74) is 3.49. The van der Waals surface area contributed by atoms with Crippen molar-refractivity contribution < 1.29 is 18.0 Å². The van der Waals surface area contributed by atoms with Crippen molar-refractivity contribution in [2.75, 3.05) is 6.54 Å². The van der Waals surface area contributed by atoms with Gasteiger partial charge in [0.25, 0.3) is 0 Å². The number of rotatable bonds is 8. The fourth-order valence-corrected chi connectivity index (χ4v) is 6.99. The van der Waals surface area contributed by atoms with Crippen LogP contribution in [0.1, 0.15) is 48.7 Å². The molecule has 192 valence electrons. The standard InChI is InChI=1S/C31H33NO4S/c1-21(2)30-28(24-11-7-5-8-12-24)29(31(34)25-13-9-6-10-14-25)26(19-23(4)33)20-32(30)37(35,36)27-17-15-22(3)16-18-27/h5-18,21,26,30H,19-20H2,1-4H3/t26-,30-/m0/s1. The largest absolute Gasteiger partial charge is 0.300 e. The Kier molecular flexibility index (Phi) is 7.90. The summed E-state index contributed by atoms with van der Waals surface area (Å²) in [6.45, 7) is 7.40. The summed E-state index contributed by atoms with van der Waals surface area (Å²) in [5.74, 6) is -0.960. The van der Waals surface area contributed by atoms with E-state index in [1.807, 2.05) is 69.3 Å². The van der Waals surface area contributed by atoms with E-state index in [0.29, 0.717) is 16.7 Å². The second-order valence-corrected chi connectivity index (χ2v) is 12.0. The van der Waals surface area contributed by atoms with E-state index in [1.165, 1.54) is 11.2 Å². The van der Waals surface area contributed by atoms with Crippen LogP contribution in [-0.2, 0) is 14.8 Å². The smallest absolute Gasteiger partial charge is 0.243 e. The lowest BCUT2D eigenvalue weighted by Gasteiger charge is -2.43. The summed E-state index contributed by atoms with van der Waals surface area (Å²) >= 11 is 0. The molecule has 0 spiro atoms. The quantitative estimate of drug-likeness (QED) is 0.347. The Hall–Kier alpha value is -3.35. The maximum atomic E-state index is 14.1. The minimum Gasteiger partial charge on any atom is -0.300 e. The van der Waals surface area contributed by atoms with Crippen LogP contribution in [0.3, 0.4) is 0 Å². The summed E-state index contributed by atoms with van der Waals surface area (Å²) in [6.07, 6.45) is 0.0783. The van der Waals surface area contributed by atoms with Gasteiger partial charge < -0.3 is 4.79 Å². The predicted molar refractivity (Wildman–Crippen MR) is 147 cm³/mol. The predicted octanol–water partition coefficient (Wildman–Crippen LogP) is 5.96. The van der Waals surface area contributed by atoms with E-state index in [0.717, 1.165) is 11.1 Å². The highest BCUT2D eigenvalue weighted by molar-refractivity contribution is 7.89. The van der Waals surface area contributed by atoms with E-state index >= 15 is 0 Å². The van der Waals surface area contributed by atoms with Crippen molar-refractivity contribution in [3.05, 3.63) is 107 Å². The molecule has 0 amide bonds. The Morgan fingerprint density at radius 2 is 1.46 bits per heavy atom. The number of ketones is 2. The van der Waals surface area contributed by atoms with E-state index < -0.39 is 22.0 Å². The summed E-state index contributed by atoms with van der Waals surface area (Å²) in [4.78, 5) is 26.7. The highest BCUT2D eigenvalue weighted by Gasteiger charge is 2.45. The van der Waals surface area contributed by atoms with Crippen molar-refractivity contribution in [3.63, 3.8) is 0 Å². The van der Waals surface area contributed by atoms with E-state index in [4.69, 9.17) is 0 Å². The normalized spacial score (nSPS) is 18.7. The zero-order valence-electron chi connectivity index (χ0n) is 21.7. The van der Waals surface area contributed by atoms with Crippen molar-refractivity contribution in [1.82, 2.24) is 4.31 Å². The third kappa shape index (κ3) is 5.50. The molecule has 4 rings (SSSR count). The maximum absolute atomic E-state index is 14.1. The molecule has 0 unspecified atom stereocenters. The second kappa shape index (κ2) is 11.0. The summed E-state index contributed by atoms with van der Waals surface area (Å²) in [6, 6.07) is 24.7. The fraction of sp³-hybridized carbons (Fsp3) is 0.290. The van der Waals surface area contributed by atoms with Crippen molar-refractivity contribution in [2.24, 2.45) is 11.8 Å². The van der Waals surface area contributed by atoms with Gasteiger partial charge in [-0.05, 0) is 43.0 Å².